The lowest BCUT2D eigenvalue weighted by atomic mass is 9.90. The van der Waals surface area contributed by atoms with Gasteiger partial charge in [0.05, 0.1) is 38.3 Å². The van der Waals surface area contributed by atoms with Crippen LogP contribution < -0.4 is 10.6 Å². The summed E-state index contributed by atoms with van der Waals surface area (Å²) in [5.41, 5.74) is 4.69. The zero-order valence-corrected chi connectivity index (χ0v) is 21.8. The second-order valence-corrected chi connectivity index (χ2v) is 10.8. The van der Waals surface area contributed by atoms with Gasteiger partial charge >= 0.3 is 0 Å². The smallest absolute Gasteiger partial charge is 0.259 e. The first-order valence-corrected chi connectivity index (χ1v) is 13.2. The lowest BCUT2D eigenvalue weighted by molar-refractivity contribution is -0.896. The first-order chi connectivity index (χ1) is 18.0. The van der Waals surface area contributed by atoms with E-state index in [0.29, 0.717) is 17.9 Å². The van der Waals surface area contributed by atoms with Gasteiger partial charge in [-0.05, 0) is 79.1 Å². The molecule has 5 rings (SSSR count). The Bertz CT molecular complexity index is 1350. The number of rotatable bonds is 8. The lowest BCUT2D eigenvalue weighted by Crippen LogP contribution is -2.46. The van der Waals surface area contributed by atoms with Crippen LogP contribution in [0.4, 0.5) is 11.5 Å². The van der Waals surface area contributed by atoms with Crippen LogP contribution in [0.3, 0.4) is 0 Å². The summed E-state index contributed by atoms with van der Waals surface area (Å²) in [7, 11) is 4.66. The molecule has 0 spiro atoms. The van der Waals surface area contributed by atoms with E-state index < -0.39 is 0 Å². The van der Waals surface area contributed by atoms with Crippen molar-refractivity contribution < 1.29 is 9.28 Å². The third-order valence-corrected chi connectivity index (χ3v) is 7.58. The van der Waals surface area contributed by atoms with Crippen molar-refractivity contribution >= 4 is 28.3 Å². The minimum Gasteiger partial charge on any atom is -0.365 e. The van der Waals surface area contributed by atoms with Gasteiger partial charge in [-0.1, -0.05) is 30.3 Å². The summed E-state index contributed by atoms with van der Waals surface area (Å²) in [6, 6.07) is 21.9. The number of carbonyl (C=O) groups excluding carboxylic acids is 1. The zero-order chi connectivity index (χ0) is 25.7. The first-order valence-electron chi connectivity index (χ1n) is 13.2. The van der Waals surface area contributed by atoms with Gasteiger partial charge < -0.3 is 15.1 Å². The van der Waals surface area contributed by atoms with Crippen molar-refractivity contribution in [1.29, 1.82) is 0 Å². The SMILES string of the molecule is C[N+]1(C)CCC(CCc2ccc(NC(=O)c3cccnc3NCc3ccnc4ccccc34)cc2)CC1. The van der Waals surface area contributed by atoms with E-state index in [2.05, 4.69) is 52.9 Å². The molecule has 4 aromatic rings. The number of hydrogen-bond donors (Lipinski definition) is 2. The van der Waals surface area contributed by atoms with E-state index in [9.17, 15) is 4.79 Å². The Morgan fingerprint density at radius 2 is 1.70 bits per heavy atom. The summed E-state index contributed by atoms with van der Waals surface area (Å²) in [5.74, 6) is 1.21. The fourth-order valence-corrected chi connectivity index (χ4v) is 5.15. The average molecular weight is 495 g/mol. The number of amides is 1. The van der Waals surface area contributed by atoms with Crippen LogP contribution in [0, 0.1) is 5.92 Å². The Labute approximate surface area is 219 Å². The van der Waals surface area contributed by atoms with E-state index in [-0.39, 0.29) is 5.91 Å². The van der Waals surface area contributed by atoms with Crippen LogP contribution in [0.2, 0.25) is 0 Å². The monoisotopic (exact) mass is 494 g/mol. The minimum absolute atomic E-state index is 0.175. The molecule has 0 saturated carbocycles. The topological polar surface area (TPSA) is 66.9 Å². The molecule has 1 aliphatic rings. The Hall–Kier alpha value is -3.77. The maximum atomic E-state index is 13.1. The van der Waals surface area contributed by atoms with Crippen LogP contribution in [0.5, 0.6) is 0 Å². The van der Waals surface area contributed by atoms with E-state index in [1.165, 1.54) is 37.9 Å². The summed E-state index contributed by atoms with van der Waals surface area (Å²) in [5, 5.41) is 7.48. The largest absolute Gasteiger partial charge is 0.365 e. The number of anilines is 2. The number of nitrogens with one attached hydrogen (secondary N) is 2. The molecule has 1 saturated heterocycles. The highest BCUT2D eigenvalue weighted by molar-refractivity contribution is 6.07. The molecule has 1 aliphatic heterocycles. The third kappa shape index (κ3) is 6.33. The van der Waals surface area contributed by atoms with Gasteiger partial charge in [-0.25, -0.2) is 4.98 Å². The molecular formula is C31H36N5O+. The van der Waals surface area contributed by atoms with Crippen molar-refractivity contribution in [2.24, 2.45) is 5.92 Å². The number of hydrogen-bond acceptors (Lipinski definition) is 4. The first kappa shape index (κ1) is 24.9. The predicted molar refractivity (Wildman–Crippen MR) is 151 cm³/mol. The van der Waals surface area contributed by atoms with Crippen LogP contribution in [0.15, 0.2) is 79.1 Å². The Morgan fingerprint density at radius 1 is 0.919 bits per heavy atom. The number of aromatic nitrogens is 2. The lowest BCUT2D eigenvalue weighted by Gasteiger charge is -2.37. The van der Waals surface area contributed by atoms with Crippen LogP contribution in [0.1, 0.15) is 40.7 Å². The van der Waals surface area contributed by atoms with Crippen molar-refractivity contribution in [3.05, 3.63) is 95.8 Å². The molecule has 6 heteroatoms. The quantitative estimate of drug-likeness (QED) is 0.299. The molecular weight excluding hydrogens is 458 g/mol. The number of carbonyl (C=O) groups is 1. The molecule has 2 N–H and O–H groups in total. The molecule has 190 valence electrons. The number of fused-ring (bicyclic) bond motifs is 1. The van der Waals surface area contributed by atoms with Gasteiger partial charge in [0.2, 0.25) is 0 Å². The van der Waals surface area contributed by atoms with Crippen molar-refractivity contribution in [3.8, 4) is 0 Å². The molecule has 1 fully saturated rings. The van der Waals surface area contributed by atoms with Crippen LogP contribution in [-0.4, -0.2) is 47.5 Å². The van der Waals surface area contributed by atoms with Crippen molar-refractivity contribution in [3.63, 3.8) is 0 Å². The van der Waals surface area contributed by atoms with E-state index in [0.717, 1.165) is 39.0 Å². The second-order valence-electron chi connectivity index (χ2n) is 10.8. The molecule has 0 radical (unpaired) electrons. The summed E-state index contributed by atoms with van der Waals surface area (Å²) < 4.78 is 1.15. The van der Waals surface area contributed by atoms with Crippen LogP contribution in [-0.2, 0) is 13.0 Å². The summed E-state index contributed by atoms with van der Waals surface area (Å²) in [6.07, 6.45) is 8.48. The fraction of sp³-hybridized carbons (Fsp3) is 0.323. The van der Waals surface area contributed by atoms with Crippen LogP contribution in [0.25, 0.3) is 10.9 Å². The average Bonchev–Trinajstić information content (AvgIpc) is 2.92. The summed E-state index contributed by atoms with van der Waals surface area (Å²) in [6.45, 7) is 3.10. The number of para-hydroxylation sites is 1. The number of likely N-dealkylation sites (tertiary alicyclic amines) is 1. The van der Waals surface area contributed by atoms with Gasteiger partial charge in [0.25, 0.3) is 5.91 Å². The molecule has 2 aromatic carbocycles. The van der Waals surface area contributed by atoms with Crippen molar-refractivity contribution in [2.45, 2.75) is 32.2 Å². The normalized spacial score (nSPS) is 15.4. The van der Waals surface area contributed by atoms with E-state index in [4.69, 9.17) is 0 Å². The Kier molecular flexibility index (Phi) is 7.47. The molecule has 1 amide bonds. The third-order valence-electron chi connectivity index (χ3n) is 7.58. The highest BCUT2D eigenvalue weighted by Gasteiger charge is 2.25. The Morgan fingerprint density at radius 3 is 2.51 bits per heavy atom. The Balaban J connectivity index is 1.18. The highest BCUT2D eigenvalue weighted by atomic mass is 16.1. The minimum atomic E-state index is -0.175. The number of nitrogens with zero attached hydrogens (tertiary/aromatic N) is 3. The molecule has 37 heavy (non-hydrogen) atoms. The van der Waals surface area contributed by atoms with Gasteiger partial charge in [0.15, 0.2) is 0 Å². The van der Waals surface area contributed by atoms with Gasteiger partial charge in [-0.3, -0.25) is 9.78 Å². The van der Waals surface area contributed by atoms with Gasteiger partial charge in [-0.15, -0.1) is 0 Å². The molecule has 6 nitrogen and oxygen atoms in total. The molecule has 3 heterocycles. The molecule has 0 aliphatic carbocycles. The predicted octanol–water partition coefficient (Wildman–Crippen LogP) is 5.91. The number of quaternary nitrogens is 1. The number of piperidine rings is 1. The number of pyridine rings is 2. The van der Waals surface area contributed by atoms with Crippen molar-refractivity contribution in [2.75, 3.05) is 37.8 Å². The summed E-state index contributed by atoms with van der Waals surface area (Å²) >= 11 is 0. The zero-order valence-electron chi connectivity index (χ0n) is 21.8. The van der Waals surface area contributed by atoms with Crippen LogP contribution >= 0.6 is 0 Å². The second kappa shape index (κ2) is 11.1. The van der Waals surface area contributed by atoms with Gasteiger partial charge in [0.1, 0.15) is 5.82 Å². The van der Waals surface area contributed by atoms with Crippen molar-refractivity contribution in [1.82, 2.24) is 9.97 Å². The number of aryl methyl sites for hydroxylation is 1. The maximum absolute atomic E-state index is 13.1. The molecule has 0 bridgehead atoms. The maximum Gasteiger partial charge on any atom is 0.259 e. The molecule has 0 atom stereocenters. The fourth-order valence-electron chi connectivity index (χ4n) is 5.15. The molecule has 0 unspecified atom stereocenters. The van der Waals surface area contributed by atoms with E-state index in [1.54, 1.807) is 18.3 Å². The summed E-state index contributed by atoms with van der Waals surface area (Å²) in [4.78, 5) is 22.0. The molecule has 2 aromatic heterocycles. The van der Waals surface area contributed by atoms with E-state index in [1.807, 2.05) is 42.6 Å². The van der Waals surface area contributed by atoms with E-state index >= 15 is 0 Å². The highest BCUT2D eigenvalue weighted by Crippen LogP contribution is 2.25. The van der Waals surface area contributed by atoms with Gasteiger partial charge in [-0.2, -0.15) is 0 Å². The standard InChI is InChI=1S/C31H35N5O/c1-36(2)20-16-24(17-21-36)10-9-23-11-13-26(14-12-23)35-31(37)28-7-5-18-33-30(28)34-22-25-15-19-32-29-8-4-3-6-27(25)29/h3-8,11-15,18-19,24H,9-10,16-17,20-22H2,1-2H3,(H-,33,34,35,37)/p+1. The number of benzene rings is 2. The van der Waals surface area contributed by atoms with Gasteiger partial charge in [0, 0.05) is 30.0 Å².